The van der Waals surface area contributed by atoms with Gasteiger partial charge >= 0.3 is 17.9 Å². The predicted octanol–water partition coefficient (Wildman–Crippen LogP) is 0.556. The van der Waals surface area contributed by atoms with Gasteiger partial charge in [-0.2, -0.15) is 0 Å². The third-order valence-electron chi connectivity index (χ3n) is 6.14. The Morgan fingerprint density at radius 3 is 1.08 bits per heavy atom. The monoisotopic (exact) mass is 550 g/mol. The molecule has 0 saturated heterocycles. The zero-order valence-electron chi connectivity index (χ0n) is 21.9. The van der Waals surface area contributed by atoms with Gasteiger partial charge in [-0.3, -0.25) is 14.4 Å². The molecular weight excluding hydrogens is 517 g/mol. The lowest BCUT2D eigenvalue weighted by molar-refractivity contribution is -0.172. The molecule has 0 aliphatic rings. The zero-order valence-corrected chi connectivity index (χ0v) is 26.2. The number of hydrogen-bond donors (Lipinski definition) is 0. The molecule has 0 unspecified atom stereocenters. The highest BCUT2D eigenvalue weighted by Crippen LogP contribution is 2.30. The highest BCUT2D eigenvalue weighted by molar-refractivity contribution is 6.52. The average molecular weight is 551 g/mol. The van der Waals surface area contributed by atoms with E-state index in [2.05, 4.69) is 0 Å². The molecule has 0 atom stereocenters. The highest BCUT2D eigenvalue weighted by Gasteiger charge is 2.56. The third kappa shape index (κ3) is 7.61. The van der Waals surface area contributed by atoms with Crippen LogP contribution in [0.25, 0.3) is 0 Å². The number of aryl methyl sites for hydroxylation is 3. The van der Waals surface area contributed by atoms with Crippen LogP contribution in [0.5, 0.6) is 0 Å². The first-order chi connectivity index (χ1) is 17.7. The fourth-order valence-corrected chi connectivity index (χ4v) is 6.72. The second kappa shape index (κ2) is 13.3. The molecule has 0 radical (unpaired) electrons. The van der Waals surface area contributed by atoms with Gasteiger partial charge in [-0.15, -0.1) is 0 Å². The SMILES string of the molecule is CCCC(C(=O)O[SiH2]c1ccc(C)cc1)(C(=O)O[SiH2]c1ccc(C)cc1)C(=O)O[SiH2]c1ccc(C)cc1. The predicted molar refractivity (Wildman–Crippen MR) is 154 cm³/mol. The van der Waals surface area contributed by atoms with Gasteiger partial charge in [0.1, 0.15) is 0 Å². The van der Waals surface area contributed by atoms with Crippen LogP contribution in [0.3, 0.4) is 0 Å². The van der Waals surface area contributed by atoms with Crippen molar-refractivity contribution in [1.82, 2.24) is 0 Å². The molecule has 6 nitrogen and oxygen atoms in total. The van der Waals surface area contributed by atoms with E-state index in [4.69, 9.17) is 13.3 Å². The summed E-state index contributed by atoms with van der Waals surface area (Å²) in [6.07, 6.45) is 0.375. The summed E-state index contributed by atoms with van der Waals surface area (Å²) in [4.78, 5) is 40.6. The van der Waals surface area contributed by atoms with Crippen LogP contribution in [0.1, 0.15) is 36.5 Å². The van der Waals surface area contributed by atoms with E-state index in [9.17, 15) is 14.4 Å². The van der Waals surface area contributed by atoms with Crippen molar-refractivity contribution in [2.75, 3.05) is 0 Å². The summed E-state index contributed by atoms with van der Waals surface area (Å²) in [6, 6.07) is 23.1. The molecule has 3 rings (SSSR count). The second-order valence-corrected chi connectivity index (χ2v) is 13.5. The lowest BCUT2D eigenvalue weighted by Crippen LogP contribution is -2.51. The van der Waals surface area contributed by atoms with Crippen molar-refractivity contribution in [2.24, 2.45) is 5.41 Å². The molecule has 0 N–H and O–H groups in total. The summed E-state index contributed by atoms with van der Waals surface area (Å²) in [5.41, 5.74) is 1.16. The quantitative estimate of drug-likeness (QED) is 0.256. The van der Waals surface area contributed by atoms with Crippen LogP contribution in [0.2, 0.25) is 0 Å². The number of benzene rings is 3. The number of hydrogen-bond acceptors (Lipinski definition) is 6. The molecule has 0 saturated carbocycles. The maximum atomic E-state index is 13.5. The normalized spacial score (nSPS) is 13.3. The molecule has 9 heteroatoms. The van der Waals surface area contributed by atoms with Crippen molar-refractivity contribution in [2.45, 2.75) is 40.5 Å². The van der Waals surface area contributed by atoms with E-state index in [1.165, 1.54) is 0 Å². The Kier molecular flexibility index (Phi) is 10.2. The van der Waals surface area contributed by atoms with Crippen LogP contribution < -0.4 is 15.6 Å². The minimum atomic E-state index is -2.12. The van der Waals surface area contributed by atoms with Gasteiger partial charge in [0.25, 0.3) is 34.7 Å². The van der Waals surface area contributed by atoms with Gasteiger partial charge in [0, 0.05) is 0 Å². The van der Waals surface area contributed by atoms with Crippen LogP contribution in [0, 0.1) is 26.2 Å². The van der Waals surface area contributed by atoms with E-state index in [-0.39, 0.29) is 6.42 Å². The molecule has 0 amide bonds. The summed E-state index contributed by atoms with van der Waals surface area (Å²) in [5.74, 6) is -2.60. The molecule has 0 spiro atoms. The van der Waals surface area contributed by atoms with Crippen LogP contribution in [0.15, 0.2) is 72.8 Å². The molecule has 0 fully saturated rings. The van der Waals surface area contributed by atoms with E-state index in [0.29, 0.717) is 6.42 Å². The van der Waals surface area contributed by atoms with E-state index in [0.717, 1.165) is 32.3 Å². The topological polar surface area (TPSA) is 78.9 Å². The molecule has 0 heterocycles. The molecule has 3 aromatic rings. The molecule has 0 bridgehead atoms. The van der Waals surface area contributed by atoms with E-state index >= 15 is 0 Å². The van der Waals surface area contributed by atoms with Gasteiger partial charge in [-0.1, -0.05) is 103 Å². The molecular formula is C28H34O6Si3. The van der Waals surface area contributed by atoms with Crippen LogP contribution >= 0.6 is 0 Å². The molecule has 0 aliphatic carbocycles. The average Bonchev–Trinajstić information content (AvgIpc) is 2.90. The lowest BCUT2D eigenvalue weighted by atomic mass is 9.83. The first kappa shape index (κ1) is 28.3. The fraction of sp³-hybridized carbons (Fsp3) is 0.250. The first-order valence-electron chi connectivity index (χ1n) is 12.4. The number of rotatable bonds is 11. The van der Waals surface area contributed by atoms with E-state index in [1.54, 1.807) is 0 Å². The molecule has 0 aromatic heterocycles. The Morgan fingerprint density at radius 2 is 0.838 bits per heavy atom. The summed E-state index contributed by atoms with van der Waals surface area (Å²) < 4.78 is 17.1. The van der Waals surface area contributed by atoms with Gasteiger partial charge in [-0.05, 0) is 42.8 Å². The van der Waals surface area contributed by atoms with Crippen molar-refractivity contribution >= 4 is 62.8 Å². The van der Waals surface area contributed by atoms with Gasteiger partial charge < -0.3 is 13.3 Å². The van der Waals surface area contributed by atoms with Gasteiger partial charge in [0.15, 0.2) is 0 Å². The Morgan fingerprint density at radius 1 is 0.568 bits per heavy atom. The standard InChI is InChI=1S/C28H34O6Si3/c1-5-18-28(25(29)32-35-22-12-6-19(2)7-13-22,26(30)33-36-23-14-8-20(3)9-15-23)27(31)34-37-24-16-10-21(4)11-17-24/h6-17H,5,18,35-37H2,1-4H3. The second-order valence-electron chi connectivity index (χ2n) is 9.34. The minimum absolute atomic E-state index is 0.0314. The van der Waals surface area contributed by atoms with Gasteiger partial charge in [0.05, 0.1) is 0 Å². The Balaban J connectivity index is 1.83. The van der Waals surface area contributed by atoms with E-state index < -0.39 is 52.6 Å². The molecule has 37 heavy (non-hydrogen) atoms. The lowest BCUT2D eigenvalue weighted by Gasteiger charge is -2.28. The maximum absolute atomic E-state index is 13.5. The smallest absolute Gasteiger partial charge is 0.321 e. The fourth-order valence-electron chi connectivity index (χ4n) is 3.80. The van der Waals surface area contributed by atoms with Crippen LogP contribution in [-0.4, -0.2) is 47.2 Å². The van der Waals surface area contributed by atoms with Crippen LogP contribution in [-0.2, 0) is 27.7 Å². The zero-order chi connectivity index (χ0) is 26.8. The van der Waals surface area contributed by atoms with Crippen molar-refractivity contribution in [3.63, 3.8) is 0 Å². The summed E-state index contributed by atoms with van der Waals surface area (Å²) in [6.45, 7) is 7.75. The van der Waals surface area contributed by atoms with Crippen molar-refractivity contribution in [3.8, 4) is 0 Å². The molecule has 194 valence electrons. The van der Waals surface area contributed by atoms with Gasteiger partial charge in [0.2, 0.25) is 0 Å². The Hall–Kier alpha value is -3.28. The summed E-state index contributed by atoms with van der Waals surface area (Å²) >= 11 is 0. The van der Waals surface area contributed by atoms with Crippen molar-refractivity contribution < 1.29 is 27.7 Å². The van der Waals surface area contributed by atoms with Gasteiger partial charge in [-0.25, -0.2) is 0 Å². The number of carbonyl (C=O) groups excluding carboxylic acids is 3. The summed E-state index contributed by atoms with van der Waals surface area (Å²) in [5, 5.41) is 2.69. The molecule has 3 aromatic carbocycles. The van der Waals surface area contributed by atoms with Crippen molar-refractivity contribution in [3.05, 3.63) is 89.5 Å². The maximum Gasteiger partial charge on any atom is 0.321 e. The van der Waals surface area contributed by atoms with E-state index in [1.807, 2.05) is 100 Å². The Labute approximate surface area is 225 Å². The highest BCUT2D eigenvalue weighted by atomic mass is 28.2. The Bertz CT molecular complexity index is 1060. The third-order valence-corrected chi connectivity index (χ3v) is 9.78. The number of carbonyl (C=O) groups is 3. The van der Waals surface area contributed by atoms with Crippen LogP contribution in [0.4, 0.5) is 0 Å². The molecule has 0 aliphatic heterocycles. The van der Waals surface area contributed by atoms with Crippen molar-refractivity contribution in [1.29, 1.82) is 0 Å². The summed E-state index contributed by atoms with van der Waals surface area (Å²) in [7, 11) is -4.55. The largest absolute Gasteiger partial charge is 0.519 e. The first-order valence-corrected chi connectivity index (χ1v) is 16.3. The minimum Gasteiger partial charge on any atom is -0.519 e.